The van der Waals surface area contributed by atoms with E-state index in [4.69, 9.17) is 0 Å². The number of aliphatic hydroxyl groups is 1. The number of piperidine rings is 3. The highest BCUT2D eigenvalue weighted by atomic mass is 16.3. The van der Waals surface area contributed by atoms with E-state index in [1.165, 1.54) is 89.9 Å². The predicted molar refractivity (Wildman–Crippen MR) is 119 cm³/mol. The van der Waals surface area contributed by atoms with Gasteiger partial charge in [-0.3, -0.25) is 0 Å². The predicted octanol–water partition coefficient (Wildman–Crippen LogP) is 3.61. The number of nitrogens with zero attached hydrogens (tertiary/aromatic N) is 3. The number of likely N-dealkylation sites (tertiary alicyclic amines) is 3. The number of hydrogen-bond acceptors (Lipinski definition) is 4. The van der Waals surface area contributed by atoms with Crippen molar-refractivity contribution in [3.63, 3.8) is 0 Å². The van der Waals surface area contributed by atoms with Crippen molar-refractivity contribution in [2.75, 3.05) is 45.8 Å². The largest absolute Gasteiger partial charge is 0.393 e. The second-order valence-electron chi connectivity index (χ2n) is 10.2. The first-order chi connectivity index (χ1) is 13.4. The smallest absolute Gasteiger partial charge is 0.0592 e. The Balaban J connectivity index is 1.35. The molecule has 3 aliphatic heterocycles. The maximum atomic E-state index is 10.4. The van der Waals surface area contributed by atoms with Gasteiger partial charge in [-0.1, -0.05) is 19.4 Å². The Bertz CT molecular complexity index is 470. The molecule has 3 rings (SSSR count). The first-order valence-electron chi connectivity index (χ1n) is 12.0. The standard InChI is InChI=1S/C24H45N3O/c1-19(2)5-12-25-13-8-22(9-14-25)27-17-10-23(11-18-27)26-15-6-21(7-16-26)24(28)20(3)4/h20-24,28H,1,5-18H2,2-4H3. The van der Waals surface area contributed by atoms with Gasteiger partial charge in [0.15, 0.2) is 0 Å². The van der Waals surface area contributed by atoms with Gasteiger partial charge in [-0.2, -0.15) is 0 Å². The molecule has 0 amide bonds. The van der Waals surface area contributed by atoms with Crippen LogP contribution in [0.3, 0.4) is 0 Å². The Morgan fingerprint density at radius 3 is 1.79 bits per heavy atom. The first kappa shape index (κ1) is 22.3. The van der Waals surface area contributed by atoms with E-state index in [2.05, 4.69) is 42.0 Å². The normalized spacial score (nSPS) is 26.8. The van der Waals surface area contributed by atoms with E-state index in [1.54, 1.807) is 0 Å². The molecule has 162 valence electrons. The molecule has 1 unspecified atom stereocenters. The summed E-state index contributed by atoms with van der Waals surface area (Å²) < 4.78 is 0. The molecule has 0 radical (unpaired) electrons. The monoisotopic (exact) mass is 391 g/mol. The quantitative estimate of drug-likeness (QED) is 0.672. The van der Waals surface area contributed by atoms with Crippen molar-refractivity contribution in [2.24, 2.45) is 11.8 Å². The first-order valence-corrected chi connectivity index (χ1v) is 12.0. The lowest BCUT2D eigenvalue weighted by atomic mass is 9.84. The van der Waals surface area contributed by atoms with Crippen molar-refractivity contribution >= 4 is 0 Å². The molecule has 0 saturated carbocycles. The molecule has 3 saturated heterocycles. The minimum atomic E-state index is -0.106. The van der Waals surface area contributed by atoms with Crippen LogP contribution in [0.4, 0.5) is 0 Å². The van der Waals surface area contributed by atoms with Gasteiger partial charge in [-0.15, -0.1) is 6.58 Å². The lowest BCUT2D eigenvalue weighted by Crippen LogP contribution is -2.52. The van der Waals surface area contributed by atoms with Crippen molar-refractivity contribution < 1.29 is 5.11 Å². The Morgan fingerprint density at radius 1 is 0.857 bits per heavy atom. The summed E-state index contributed by atoms with van der Waals surface area (Å²) in [5.41, 5.74) is 1.31. The molecular formula is C24H45N3O. The van der Waals surface area contributed by atoms with Crippen molar-refractivity contribution in [2.45, 2.75) is 83.9 Å². The summed E-state index contributed by atoms with van der Waals surface area (Å²) in [4.78, 5) is 8.16. The van der Waals surface area contributed by atoms with Gasteiger partial charge in [0.25, 0.3) is 0 Å². The molecule has 0 aromatic carbocycles. The summed E-state index contributed by atoms with van der Waals surface area (Å²) in [5, 5.41) is 10.4. The third-order valence-corrected chi connectivity index (χ3v) is 7.68. The minimum absolute atomic E-state index is 0.106. The van der Waals surface area contributed by atoms with E-state index in [-0.39, 0.29) is 6.10 Å². The van der Waals surface area contributed by atoms with Gasteiger partial charge in [0, 0.05) is 18.6 Å². The summed E-state index contributed by atoms with van der Waals surface area (Å²) in [6.45, 7) is 19.2. The van der Waals surface area contributed by atoms with Crippen LogP contribution in [0.1, 0.15) is 65.7 Å². The van der Waals surface area contributed by atoms with Gasteiger partial charge in [0.05, 0.1) is 6.10 Å². The molecule has 0 aromatic heterocycles. The fourth-order valence-electron chi connectivity index (χ4n) is 5.64. The number of rotatable bonds is 7. The Morgan fingerprint density at radius 2 is 1.32 bits per heavy atom. The molecule has 0 aliphatic carbocycles. The van der Waals surface area contributed by atoms with E-state index >= 15 is 0 Å². The molecule has 28 heavy (non-hydrogen) atoms. The summed E-state index contributed by atoms with van der Waals surface area (Å²) in [5.74, 6) is 0.915. The third kappa shape index (κ3) is 6.04. The molecular weight excluding hydrogens is 346 g/mol. The highest BCUT2D eigenvalue weighted by molar-refractivity contribution is 4.91. The van der Waals surface area contributed by atoms with Gasteiger partial charge < -0.3 is 19.8 Å². The third-order valence-electron chi connectivity index (χ3n) is 7.68. The minimum Gasteiger partial charge on any atom is -0.393 e. The molecule has 0 aromatic rings. The van der Waals surface area contributed by atoms with E-state index in [1.807, 2.05) is 0 Å². The highest BCUT2D eigenvalue weighted by Crippen LogP contribution is 2.29. The molecule has 0 spiro atoms. The van der Waals surface area contributed by atoms with Crippen LogP contribution in [0.5, 0.6) is 0 Å². The van der Waals surface area contributed by atoms with Gasteiger partial charge in [-0.05, 0) is 103 Å². The van der Waals surface area contributed by atoms with Crippen LogP contribution in [-0.4, -0.2) is 83.8 Å². The second-order valence-corrected chi connectivity index (χ2v) is 10.2. The molecule has 4 heteroatoms. The van der Waals surface area contributed by atoms with Gasteiger partial charge in [0.1, 0.15) is 0 Å². The SMILES string of the molecule is C=C(C)CCN1CCC(N2CCC(N3CCC(C(O)C(C)C)CC3)CC2)CC1. The van der Waals surface area contributed by atoms with Crippen LogP contribution >= 0.6 is 0 Å². The zero-order valence-corrected chi connectivity index (χ0v) is 18.8. The second kappa shape index (κ2) is 10.6. The highest BCUT2D eigenvalue weighted by Gasteiger charge is 2.33. The van der Waals surface area contributed by atoms with Crippen molar-refractivity contribution in [1.82, 2.24) is 14.7 Å². The van der Waals surface area contributed by atoms with E-state index in [0.29, 0.717) is 11.8 Å². The van der Waals surface area contributed by atoms with E-state index < -0.39 is 0 Å². The Hall–Kier alpha value is -0.420. The van der Waals surface area contributed by atoms with Crippen LogP contribution in [0.15, 0.2) is 12.2 Å². The molecule has 3 aliphatic rings. The average molecular weight is 392 g/mol. The van der Waals surface area contributed by atoms with Crippen LogP contribution in [0, 0.1) is 11.8 Å². The van der Waals surface area contributed by atoms with Crippen molar-refractivity contribution in [3.05, 3.63) is 12.2 Å². The Kier molecular flexibility index (Phi) is 8.40. The van der Waals surface area contributed by atoms with Gasteiger partial charge in [-0.25, -0.2) is 0 Å². The topological polar surface area (TPSA) is 30.0 Å². The zero-order valence-electron chi connectivity index (χ0n) is 18.8. The lowest BCUT2D eigenvalue weighted by molar-refractivity contribution is 0.00350. The molecule has 3 fully saturated rings. The van der Waals surface area contributed by atoms with Crippen LogP contribution in [-0.2, 0) is 0 Å². The fourth-order valence-corrected chi connectivity index (χ4v) is 5.64. The van der Waals surface area contributed by atoms with Crippen LogP contribution in [0.2, 0.25) is 0 Å². The van der Waals surface area contributed by atoms with Gasteiger partial charge in [0.2, 0.25) is 0 Å². The number of hydrogen-bond donors (Lipinski definition) is 1. The zero-order chi connectivity index (χ0) is 20.1. The molecule has 1 N–H and O–H groups in total. The van der Waals surface area contributed by atoms with E-state index in [0.717, 1.165) is 18.5 Å². The Labute approximate surface area is 173 Å². The summed E-state index contributed by atoms with van der Waals surface area (Å²) in [7, 11) is 0. The van der Waals surface area contributed by atoms with E-state index in [9.17, 15) is 5.11 Å². The van der Waals surface area contributed by atoms with Crippen LogP contribution in [0.25, 0.3) is 0 Å². The molecule has 1 atom stereocenters. The van der Waals surface area contributed by atoms with Gasteiger partial charge >= 0.3 is 0 Å². The molecule has 4 nitrogen and oxygen atoms in total. The summed E-state index contributed by atoms with van der Waals surface area (Å²) in [6.07, 6.45) is 8.79. The maximum absolute atomic E-state index is 10.4. The van der Waals surface area contributed by atoms with Crippen molar-refractivity contribution in [3.8, 4) is 0 Å². The fraction of sp³-hybridized carbons (Fsp3) is 0.917. The summed E-state index contributed by atoms with van der Waals surface area (Å²) in [6, 6.07) is 1.60. The summed E-state index contributed by atoms with van der Waals surface area (Å²) >= 11 is 0. The number of aliphatic hydroxyl groups excluding tert-OH is 1. The lowest BCUT2D eigenvalue weighted by Gasteiger charge is -2.46. The van der Waals surface area contributed by atoms with Crippen LogP contribution < -0.4 is 0 Å². The maximum Gasteiger partial charge on any atom is 0.0592 e. The van der Waals surface area contributed by atoms with Crippen molar-refractivity contribution in [1.29, 1.82) is 0 Å². The molecule has 3 heterocycles. The average Bonchev–Trinajstić information content (AvgIpc) is 2.72. The molecule has 0 bridgehead atoms.